The molecule has 0 radical (unpaired) electrons. The molecule has 1 aromatic heterocycles. The summed E-state index contributed by atoms with van der Waals surface area (Å²) in [4.78, 5) is 32.1. The third kappa shape index (κ3) is 5.59. The highest BCUT2D eigenvalue weighted by Gasteiger charge is 2.42. The first-order valence-corrected chi connectivity index (χ1v) is 10.9. The summed E-state index contributed by atoms with van der Waals surface area (Å²) >= 11 is 0. The van der Waals surface area contributed by atoms with Gasteiger partial charge in [-0.1, -0.05) is 12.8 Å². The molecule has 3 rings (SSSR count). The summed E-state index contributed by atoms with van der Waals surface area (Å²) in [6.45, 7) is 6.26. The van der Waals surface area contributed by atoms with Crippen LogP contribution in [0.5, 0.6) is 0 Å². The van der Waals surface area contributed by atoms with Crippen molar-refractivity contribution >= 4 is 17.8 Å². The second-order valence-electron chi connectivity index (χ2n) is 8.42. The maximum Gasteiger partial charge on any atom is 0.230 e. The maximum atomic E-state index is 12.7. The van der Waals surface area contributed by atoms with Crippen LogP contribution in [0.15, 0.2) is 23.5 Å². The predicted octanol–water partition coefficient (Wildman–Crippen LogP) is 0.412. The Morgan fingerprint density at radius 3 is 2.40 bits per heavy atom. The molecule has 9 heteroatoms. The van der Waals surface area contributed by atoms with E-state index in [9.17, 15) is 4.79 Å². The lowest BCUT2D eigenvalue weighted by Crippen LogP contribution is -2.51. The van der Waals surface area contributed by atoms with Crippen molar-refractivity contribution in [3.63, 3.8) is 0 Å². The molecule has 2 aliphatic rings. The fraction of sp³-hybridized carbons (Fsp3) is 0.714. The SMILES string of the molecule is CN=C(NCCN1CCN(c2ncccn2)CC1)NCC1(C(=O)N(C)C)CCCC1. The molecule has 1 aliphatic carbocycles. The Labute approximate surface area is 179 Å². The zero-order valence-electron chi connectivity index (χ0n) is 18.6. The van der Waals surface area contributed by atoms with Gasteiger partial charge in [0, 0.05) is 79.3 Å². The summed E-state index contributed by atoms with van der Waals surface area (Å²) in [5.41, 5.74) is -0.295. The van der Waals surface area contributed by atoms with Crippen molar-refractivity contribution in [3.05, 3.63) is 18.5 Å². The minimum absolute atomic E-state index is 0.225. The largest absolute Gasteiger partial charge is 0.355 e. The number of piperazine rings is 1. The number of rotatable bonds is 7. The lowest BCUT2D eigenvalue weighted by Gasteiger charge is -2.34. The first-order chi connectivity index (χ1) is 14.5. The standard InChI is InChI=1S/C21H36N8O/c1-22-19(26-17-21(7-4-5-8-21)18(30)27(2)3)23-11-12-28-13-15-29(16-14-28)20-24-9-6-10-25-20/h6,9-10H,4-5,7-8,11-17H2,1-3H3,(H2,22,23,26). The van der Waals surface area contributed by atoms with E-state index in [0.717, 1.165) is 76.9 Å². The van der Waals surface area contributed by atoms with Crippen molar-refractivity contribution in [3.8, 4) is 0 Å². The van der Waals surface area contributed by atoms with E-state index in [1.165, 1.54) is 0 Å². The third-order valence-corrected chi connectivity index (χ3v) is 6.17. The molecule has 1 aliphatic heterocycles. The van der Waals surface area contributed by atoms with Crippen LogP contribution in [0.3, 0.4) is 0 Å². The van der Waals surface area contributed by atoms with E-state index in [1.54, 1.807) is 24.3 Å². The lowest BCUT2D eigenvalue weighted by molar-refractivity contribution is -0.138. The van der Waals surface area contributed by atoms with E-state index in [0.29, 0.717) is 6.54 Å². The van der Waals surface area contributed by atoms with Crippen molar-refractivity contribution in [2.24, 2.45) is 10.4 Å². The highest BCUT2D eigenvalue weighted by Crippen LogP contribution is 2.38. The average molecular weight is 417 g/mol. The van der Waals surface area contributed by atoms with Gasteiger partial charge in [0.05, 0.1) is 5.41 Å². The van der Waals surface area contributed by atoms with Crippen molar-refractivity contribution < 1.29 is 4.79 Å². The van der Waals surface area contributed by atoms with Crippen LogP contribution in [0.1, 0.15) is 25.7 Å². The van der Waals surface area contributed by atoms with Crippen LogP contribution in [0.2, 0.25) is 0 Å². The summed E-state index contributed by atoms with van der Waals surface area (Å²) in [7, 11) is 5.47. The molecule has 0 spiro atoms. The number of nitrogens with zero attached hydrogens (tertiary/aromatic N) is 6. The summed E-state index contributed by atoms with van der Waals surface area (Å²) in [5, 5.41) is 6.81. The number of anilines is 1. The zero-order valence-corrected chi connectivity index (χ0v) is 18.6. The Morgan fingerprint density at radius 1 is 1.13 bits per heavy atom. The van der Waals surface area contributed by atoms with Crippen LogP contribution in [0.25, 0.3) is 0 Å². The molecular weight excluding hydrogens is 380 g/mol. The van der Waals surface area contributed by atoms with E-state index >= 15 is 0 Å². The van der Waals surface area contributed by atoms with Crippen molar-refractivity contribution in [2.75, 3.05) is 71.9 Å². The van der Waals surface area contributed by atoms with Crippen molar-refractivity contribution in [1.29, 1.82) is 0 Å². The molecule has 166 valence electrons. The highest BCUT2D eigenvalue weighted by atomic mass is 16.2. The second kappa shape index (κ2) is 10.6. The Balaban J connectivity index is 1.39. The van der Waals surface area contributed by atoms with E-state index in [4.69, 9.17) is 0 Å². The molecule has 0 aromatic carbocycles. The Bertz CT molecular complexity index is 694. The smallest absolute Gasteiger partial charge is 0.230 e. The van der Waals surface area contributed by atoms with Gasteiger partial charge in [-0.05, 0) is 18.9 Å². The minimum Gasteiger partial charge on any atom is -0.355 e. The number of hydrogen-bond donors (Lipinski definition) is 2. The average Bonchev–Trinajstić information content (AvgIpc) is 3.26. The van der Waals surface area contributed by atoms with Gasteiger partial charge in [0.15, 0.2) is 5.96 Å². The molecule has 2 heterocycles. The minimum atomic E-state index is -0.295. The van der Waals surface area contributed by atoms with Gasteiger partial charge in [-0.2, -0.15) is 0 Å². The molecule has 9 nitrogen and oxygen atoms in total. The van der Waals surface area contributed by atoms with Crippen LogP contribution < -0.4 is 15.5 Å². The molecule has 0 bridgehead atoms. The number of carbonyl (C=O) groups excluding carboxylic acids is 1. The number of nitrogens with one attached hydrogen (secondary N) is 2. The fourth-order valence-electron chi connectivity index (χ4n) is 4.42. The van der Waals surface area contributed by atoms with E-state index in [2.05, 4.69) is 35.4 Å². The van der Waals surface area contributed by atoms with Gasteiger partial charge in [-0.3, -0.25) is 14.7 Å². The van der Waals surface area contributed by atoms with Gasteiger partial charge >= 0.3 is 0 Å². The molecule has 1 saturated carbocycles. The van der Waals surface area contributed by atoms with Gasteiger partial charge in [0.2, 0.25) is 11.9 Å². The van der Waals surface area contributed by atoms with Gasteiger partial charge in [0.1, 0.15) is 0 Å². The Hall–Kier alpha value is -2.42. The Morgan fingerprint density at radius 2 is 1.80 bits per heavy atom. The first kappa shape index (κ1) is 22.3. The maximum absolute atomic E-state index is 12.7. The molecule has 1 aromatic rings. The third-order valence-electron chi connectivity index (χ3n) is 6.17. The second-order valence-corrected chi connectivity index (χ2v) is 8.42. The van der Waals surface area contributed by atoms with Gasteiger partial charge in [-0.15, -0.1) is 0 Å². The lowest BCUT2D eigenvalue weighted by atomic mass is 9.84. The molecule has 30 heavy (non-hydrogen) atoms. The van der Waals surface area contributed by atoms with Crippen LogP contribution in [-0.2, 0) is 4.79 Å². The Kier molecular flexibility index (Phi) is 7.84. The molecular formula is C21H36N8O. The van der Waals surface area contributed by atoms with Gasteiger partial charge in [-0.25, -0.2) is 9.97 Å². The summed E-state index contributed by atoms with van der Waals surface area (Å²) in [6, 6.07) is 1.84. The van der Waals surface area contributed by atoms with Gasteiger partial charge < -0.3 is 20.4 Å². The number of guanidine groups is 1. The summed E-state index contributed by atoms with van der Waals surface area (Å²) < 4.78 is 0. The van der Waals surface area contributed by atoms with Crippen LogP contribution >= 0.6 is 0 Å². The van der Waals surface area contributed by atoms with E-state index in [-0.39, 0.29) is 11.3 Å². The topological polar surface area (TPSA) is 89.0 Å². The molecule has 1 amide bonds. The van der Waals surface area contributed by atoms with Crippen molar-refractivity contribution in [1.82, 2.24) is 30.4 Å². The summed E-state index contributed by atoms with van der Waals surface area (Å²) in [5.74, 6) is 1.81. The zero-order chi connectivity index (χ0) is 21.4. The van der Waals surface area contributed by atoms with Gasteiger partial charge in [0.25, 0.3) is 0 Å². The molecule has 1 saturated heterocycles. The molecule has 2 fully saturated rings. The number of aromatic nitrogens is 2. The number of carbonyl (C=O) groups is 1. The first-order valence-electron chi connectivity index (χ1n) is 10.9. The number of hydrogen-bond acceptors (Lipinski definition) is 6. The number of amides is 1. The highest BCUT2D eigenvalue weighted by molar-refractivity contribution is 5.85. The fourth-order valence-corrected chi connectivity index (χ4v) is 4.42. The predicted molar refractivity (Wildman–Crippen MR) is 120 cm³/mol. The number of aliphatic imine (C=N–C) groups is 1. The molecule has 0 unspecified atom stereocenters. The van der Waals surface area contributed by atoms with Crippen molar-refractivity contribution in [2.45, 2.75) is 25.7 Å². The molecule has 2 N–H and O–H groups in total. The molecule has 0 atom stereocenters. The quantitative estimate of drug-likeness (QED) is 0.492. The summed E-state index contributed by atoms with van der Waals surface area (Å²) in [6.07, 6.45) is 7.71. The van der Waals surface area contributed by atoms with Crippen LogP contribution in [0, 0.1) is 5.41 Å². The van der Waals surface area contributed by atoms with E-state index in [1.807, 2.05) is 20.2 Å². The van der Waals surface area contributed by atoms with E-state index < -0.39 is 0 Å². The monoisotopic (exact) mass is 416 g/mol. The normalized spacial score (nSPS) is 19.6. The van der Waals surface area contributed by atoms with Crippen LogP contribution in [-0.4, -0.2) is 98.6 Å². The van der Waals surface area contributed by atoms with Crippen LogP contribution in [0.4, 0.5) is 5.95 Å².